The third kappa shape index (κ3) is 17.5. The summed E-state index contributed by atoms with van der Waals surface area (Å²) in [6.07, 6.45) is 24.9. The van der Waals surface area contributed by atoms with Crippen LogP contribution in [0.3, 0.4) is 0 Å². The summed E-state index contributed by atoms with van der Waals surface area (Å²) in [7, 11) is 0. The zero-order chi connectivity index (χ0) is 14.9. The Balaban J connectivity index is 3.21. The molecule has 0 aromatic carbocycles. The summed E-state index contributed by atoms with van der Waals surface area (Å²) in [5.74, 6) is 0. The van der Waals surface area contributed by atoms with Gasteiger partial charge in [-0.2, -0.15) is 0 Å². The van der Waals surface area contributed by atoms with E-state index >= 15 is 0 Å². The first-order valence-electron chi connectivity index (χ1n) is 8.08. The van der Waals surface area contributed by atoms with Crippen LogP contribution in [0.1, 0.15) is 71.1 Å². The average molecular weight is 297 g/mol. The first-order chi connectivity index (χ1) is 9.77. The largest absolute Gasteiger partial charge is 0.383 e. The van der Waals surface area contributed by atoms with Crippen molar-refractivity contribution in [1.29, 1.82) is 0 Å². The Hall–Kier alpha value is -0.470. The van der Waals surface area contributed by atoms with Gasteiger partial charge in [0.25, 0.3) is 0 Å². The Morgan fingerprint density at radius 3 is 2.00 bits per heavy atom. The van der Waals surface area contributed by atoms with Crippen molar-refractivity contribution in [3.63, 3.8) is 0 Å². The number of aliphatic hydroxyl groups is 1. The van der Waals surface area contributed by atoms with Crippen molar-refractivity contribution in [3.8, 4) is 0 Å². The Morgan fingerprint density at radius 1 is 0.800 bits per heavy atom. The molecule has 0 aromatic heterocycles. The minimum atomic E-state index is -0.427. The third-order valence-electron chi connectivity index (χ3n) is 3.11. The molecule has 0 fully saturated rings. The van der Waals surface area contributed by atoms with Gasteiger partial charge < -0.3 is 5.11 Å². The summed E-state index contributed by atoms with van der Waals surface area (Å²) < 4.78 is 0. The molecule has 0 aromatic rings. The van der Waals surface area contributed by atoms with Gasteiger partial charge in [-0.1, -0.05) is 69.1 Å². The molecular weight excluding hydrogens is 264 g/mol. The Bertz CT molecular complexity index is 267. The molecule has 0 saturated heterocycles. The third-order valence-corrected chi connectivity index (χ3v) is 3.37. The Morgan fingerprint density at radius 2 is 1.35 bits per heavy atom. The fraction of sp³-hybridized carbons (Fsp3) is 0.667. The lowest BCUT2D eigenvalue weighted by Gasteiger charge is -2.02. The predicted molar refractivity (Wildman–Crippen MR) is 94.3 cm³/mol. The summed E-state index contributed by atoms with van der Waals surface area (Å²) in [5.41, 5.74) is -0.427. The molecule has 0 heterocycles. The van der Waals surface area contributed by atoms with Gasteiger partial charge in [0, 0.05) is 0 Å². The van der Waals surface area contributed by atoms with E-state index < -0.39 is 5.44 Å². The van der Waals surface area contributed by atoms with Crippen LogP contribution < -0.4 is 0 Å². The highest BCUT2D eigenvalue weighted by Gasteiger charge is 1.95. The number of aliphatic hydroxyl groups excluding tert-OH is 1. The maximum absolute atomic E-state index is 9.00. The monoisotopic (exact) mass is 296 g/mol. The van der Waals surface area contributed by atoms with Crippen LogP contribution in [-0.4, -0.2) is 10.5 Å². The average Bonchev–Trinajstić information content (AvgIpc) is 2.43. The lowest BCUT2D eigenvalue weighted by Crippen LogP contribution is -1.94. The van der Waals surface area contributed by atoms with Crippen LogP contribution in [0.15, 0.2) is 36.5 Å². The molecule has 0 spiro atoms. The van der Waals surface area contributed by atoms with E-state index in [-0.39, 0.29) is 0 Å². The van der Waals surface area contributed by atoms with Crippen LogP contribution in [0.2, 0.25) is 0 Å². The molecule has 0 aliphatic heterocycles. The van der Waals surface area contributed by atoms with Crippen LogP contribution in [-0.2, 0) is 0 Å². The lowest BCUT2D eigenvalue weighted by molar-refractivity contribution is 0.249. The number of allylic oxidation sites excluding steroid dienone is 6. The van der Waals surface area contributed by atoms with Crippen molar-refractivity contribution in [2.24, 2.45) is 0 Å². The molecule has 1 N–H and O–H groups in total. The van der Waals surface area contributed by atoms with E-state index in [0.717, 1.165) is 32.1 Å². The van der Waals surface area contributed by atoms with Crippen molar-refractivity contribution in [2.45, 2.75) is 76.6 Å². The first-order valence-corrected chi connectivity index (χ1v) is 8.60. The van der Waals surface area contributed by atoms with E-state index in [1.165, 1.54) is 32.1 Å². The van der Waals surface area contributed by atoms with Gasteiger partial charge in [0.1, 0.15) is 0 Å². The van der Waals surface area contributed by atoms with Crippen LogP contribution in [0.5, 0.6) is 0 Å². The van der Waals surface area contributed by atoms with E-state index in [9.17, 15) is 0 Å². The second-order valence-corrected chi connectivity index (χ2v) is 5.72. The van der Waals surface area contributed by atoms with Crippen molar-refractivity contribution in [1.82, 2.24) is 0 Å². The smallest absolute Gasteiger partial charge is 0.0964 e. The fourth-order valence-corrected chi connectivity index (χ4v) is 2.13. The van der Waals surface area contributed by atoms with Crippen molar-refractivity contribution in [2.75, 3.05) is 0 Å². The summed E-state index contributed by atoms with van der Waals surface area (Å²) in [6, 6.07) is 0. The summed E-state index contributed by atoms with van der Waals surface area (Å²) in [4.78, 5) is 0. The van der Waals surface area contributed by atoms with Crippen LogP contribution in [0.25, 0.3) is 0 Å². The van der Waals surface area contributed by atoms with Gasteiger partial charge in [-0.05, 0) is 38.5 Å². The van der Waals surface area contributed by atoms with Crippen LogP contribution in [0, 0.1) is 0 Å². The topological polar surface area (TPSA) is 20.2 Å². The van der Waals surface area contributed by atoms with Crippen molar-refractivity contribution >= 4 is 12.6 Å². The molecule has 0 rings (SSSR count). The van der Waals surface area contributed by atoms with Crippen LogP contribution in [0.4, 0.5) is 0 Å². The highest BCUT2D eigenvalue weighted by atomic mass is 32.1. The van der Waals surface area contributed by atoms with Gasteiger partial charge >= 0.3 is 0 Å². The molecule has 1 nitrogen and oxygen atoms in total. The van der Waals surface area contributed by atoms with Gasteiger partial charge in [0.05, 0.1) is 5.44 Å². The molecular formula is C18H32OS. The molecule has 20 heavy (non-hydrogen) atoms. The van der Waals surface area contributed by atoms with E-state index in [2.05, 4.69) is 56.0 Å². The quantitative estimate of drug-likeness (QED) is 0.190. The molecule has 1 unspecified atom stereocenters. The number of hydrogen-bond acceptors (Lipinski definition) is 2. The van der Waals surface area contributed by atoms with Crippen molar-refractivity contribution in [3.05, 3.63) is 36.5 Å². The van der Waals surface area contributed by atoms with Crippen molar-refractivity contribution < 1.29 is 5.11 Å². The molecule has 0 bridgehead atoms. The van der Waals surface area contributed by atoms with Gasteiger partial charge in [0.2, 0.25) is 0 Å². The normalized spacial score (nSPS) is 13.9. The van der Waals surface area contributed by atoms with E-state index in [1.807, 2.05) is 0 Å². The Labute approximate surface area is 131 Å². The van der Waals surface area contributed by atoms with Crippen LogP contribution >= 0.6 is 12.6 Å². The predicted octanol–water partition coefficient (Wildman–Crippen LogP) is 5.82. The first kappa shape index (κ1) is 19.5. The highest BCUT2D eigenvalue weighted by Crippen LogP contribution is 2.10. The van der Waals surface area contributed by atoms with E-state index in [4.69, 9.17) is 5.11 Å². The zero-order valence-corrected chi connectivity index (χ0v) is 13.9. The minimum absolute atomic E-state index is 0.427. The number of rotatable bonds is 13. The summed E-state index contributed by atoms with van der Waals surface area (Å²) in [5, 5.41) is 9.00. The molecule has 116 valence electrons. The lowest BCUT2D eigenvalue weighted by atomic mass is 10.1. The zero-order valence-electron chi connectivity index (χ0n) is 13.0. The maximum Gasteiger partial charge on any atom is 0.0964 e. The summed E-state index contributed by atoms with van der Waals surface area (Å²) >= 11 is 3.96. The SMILES string of the molecule is CCC=CCC=CCC=CCCCCCCCC(O)S. The number of thiol groups is 1. The second-order valence-electron chi connectivity index (χ2n) is 5.12. The summed E-state index contributed by atoms with van der Waals surface area (Å²) in [6.45, 7) is 2.16. The second kappa shape index (κ2) is 16.6. The van der Waals surface area contributed by atoms with E-state index in [1.54, 1.807) is 0 Å². The van der Waals surface area contributed by atoms with Gasteiger partial charge in [-0.3, -0.25) is 0 Å². The molecule has 1 atom stereocenters. The van der Waals surface area contributed by atoms with Gasteiger partial charge in [-0.15, -0.1) is 12.6 Å². The minimum Gasteiger partial charge on any atom is -0.383 e. The highest BCUT2D eigenvalue weighted by molar-refractivity contribution is 7.80. The number of hydrogen-bond donors (Lipinski definition) is 2. The Kier molecular flexibility index (Phi) is 16.2. The molecule has 0 saturated carbocycles. The van der Waals surface area contributed by atoms with Gasteiger partial charge in [0.15, 0.2) is 0 Å². The number of unbranched alkanes of at least 4 members (excludes halogenated alkanes) is 5. The molecule has 0 aliphatic rings. The molecule has 2 heteroatoms. The molecule has 0 radical (unpaired) electrons. The fourth-order valence-electron chi connectivity index (χ4n) is 1.95. The van der Waals surface area contributed by atoms with E-state index in [0.29, 0.717) is 0 Å². The molecule has 0 amide bonds. The standard InChI is InChI=1S/C18H32OS/c1-2-3-4-5-6-7-8-9-10-11-12-13-14-15-16-17-18(19)20/h3-4,6-7,9-10,18-20H,2,5,8,11-17H2,1H3. The molecule has 0 aliphatic carbocycles. The maximum atomic E-state index is 9.00. The van der Waals surface area contributed by atoms with Gasteiger partial charge in [-0.25, -0.2) is 0 Å².